The van der Waals surface area contributed by atoms with Crippen molar-refractivity contribution in [3.63, 3.8) is 0 Å². The number of ether oxygens (including phenoxy) is 1. The first kappa shape index (κ1) is 6.12. The Morgan fingerprint density at radius 3 is 2.78 bits per heavy atom. The van der Waals surface area contributed by atoms with Gasteiger partial charge in [0, 0.05) is 7.11 Å². The molecule has 0 aromatic heterocycles. The number of carbonyl (C=O) groups excluding carboxylic acids is 1. The van der Waals surface area contributed by atoms with Crippen LogP contribution in [0, 0.1) is 12.3 Å². The van der Waals surface area contributed by atoms with Crippen molar-refractivity contribution in [2.75, 3.05) is 7.11 Å². The number of rotatable bonds is 1. The highest BCUT2D eigenvalue weighted by Gasteiger charge is 2.37. The molecule has 0 radical (unpaired) electrons. The molecule has 0 aliphatic carbocycles. The van der Waals surface area contributed by atoms with E-state index in [0.717, 1.165) is 0 Å². The molecule has 1 aliphatic heterocycles. The summed E-state index contributed by atoms with van der Waals surface area (Å²) in [5.41, 5.74) is 0. The summed E-state index contributed by atoms with van der Waals surface area (Å²) in [5, 5.41) is 2.49. The van der Waals surface area contributed by atoms with Crippen molar-refractivity contribution in [2.45, 2.75) is 12.1 Å². The van der Waals surface area contributed by atoms with Gasteiger partial charge in [0.05, 0.1) is 0 Å². The Morgan fingerprint density at radius 2 is 2.56 bits per heavy atom. The van der Waals surface area contributed by atoms with E-state index in [2.05, 4.69) is 11.2 Å². The molecule has 9 heavy (non-hydrogen) atoms. The van der Waals surface area contributed by atoms with Gasteiger partial charge in [0.25, 0.3) is 5.91 Å². The number of terminal acetylenes is 1. The largest absolute Gasteiger partial charge is 0.368 e. The van der Waals surface area contributed by atoms with E-state index >= 15 is 0 Å². The lowest BCUT2D eigenvalue weighted by Gasteiger charge is -2.31. The Morgan fingerprint density at radius 1 is 1.89 bits per heavy atom. The molecule has 0 saturated carbocycles. The fourth-order valence-electron chi connectivity index (χ4n) is 0.738. The first-order valence-electron chi connectivity index (χ1n) is 2.59. The van der Waals surface area contributed by atoms with Crippen LogP contribution in [0.15, 0.2) is 0 Å². The van der Waals surface area contributed by atoms with Crippen LogP contribution in [0.3, 0.4) is 0 Å². The molecule has 2 atom stereocenters. The van der Waals surface area contributed by atoms with Crippen LogP contribution < -0.4 is 5.32 Å². The molecule has 1 rings (SSSR count). The second kappa shape index (κ2) is 2.08. The SMILES string of the molecule is C#C[C@@H]1NC(=O)[C@H]1OC. The van der Waals surface area contributed by atoms with E-state index in [4.69, 9.17) is 11.2 Å². The molecule has 3 heteroatoms. The minimum absolute atomic E-state index is 0.125. The normalized spacial score (nSPS) is 32.2. The average Bonchev–Trinajstić information content (AvgIpc) is 1.83. The minimum Gasteiger partial charge on any atom is -0.368 e. The molecular formula is C6H7NO2. The first-order chi connectivity index (χ1) is 4.29. The summed E-state index contributed by atoms with van der Waals surface area (Å²) in [7, 11) is 1.47. The van der Waals surface area contributed by atoms with E-state index in [0.29, 0.717) is 0 Å². The maximum absolute atomic E-state index is 10.5. The zero-order valence-corrected chi connectivity index (χ0v) is 5.05. The second-order valence-electron chi connectivity index (χ2n) is 1.81. The zero-order valence-electron chi connectivity index (χ0n) is 5.05. The number of nitrogens with one attached hydrogen (secondary N) is 1. The number of methoxy groups -OCH3 is 1. The van der Waals surface area contributed by atoms with Gasteiger partial charge in [-0.3, -0.25) is 4.79 Å². The monoisotopic (exact) mass is 125 g/mol. The van der Waals surface area contributed by atoms with Gasteiger partial charge in [0.2, 0.25) is 0 Å². The highest BCUT2D eigenvalue weighted by molar-refractivity contribution is 5.89. The molecule has 0 unspecified atom stereocenters. The van der Waals surface area contributed by atoms with Gasteiger partial charge >= 0.3 is 0 Å². The van der Waals surface area contributed by atoms with Crippen molar-refractivity contribution in [2.24, 2.45) is 0 Å². The maximum Gasteiger partial charge on any atom is 0.253 e. The van der Waals surface area contributed by atoms with Gasteiger partial charge in [0.15, 0.2) is 6.10 Å². The molecule has 0 aromatic rings. The highest BCUT2D eigenvalue weighted by Crippen LogP contribution is 2.07. The molecule has 1 fully saturated rings. The molecule has 0 bridgehead atoms. The smallest absolute Gasteiger partial charge is 0.253 e. The quantitative estimate of drug-likeness (QED) is 0.365. The Hall–Kier alpha value is -1.01. The third-order valence-corrected chi connectivity index (χ3v) is 1.29. The van der Waals surface area contributed by atoms with Crippen molar-refractivity contribution in [1.29, 1.82) is 0 Å². The van der Waals surface area contributed by atoms with Crippen molar-refractivity contribution >= 4 is 5.91 Å². The number of β-lactam (4-membered cyclic amide) rings is 1. The fraction of sp³-hybridized carbons (Fsp3) is 0.500. The van der Waals surface area contributed by atoms with Crippen LogP contribution in [-0.2, 0) is 9.53 Å². The van der Waals surface area contributed by atoms with Crippen LogP contribution in [0.1, 0.15) is 0 Å². The predicted molar refractivity (Wildman–Crippen MR) is 31.6 cm³/mol. The fourth-order valence-corrected chi connectivity index (χ4v) is 0.738. The van der Waals surface area contributed by atoms with Gasteiger partial charge in [-0.1, -0.05) is 5.92 Å². The molecule has 1 aliphatic rings. The molecule has 1 heterocycles. The summed E-state index contributed by atoms with van der Waals surface area (Å²) in [6.45, 7) is 0. The van der Waals surface area contributed by atoms with E-state index in [1.165, 1.54) is 7.11 Å². The number of carbonyl (C=O) groups is 1. The number of amides is 1. The minimum atomic E-state index is -0.421. The summed E-state index contributed by atoms with van der Waals surface area (Å²) in [6.07, 6.45) is 4.60. The Labute approximate surface area is 53.4 Å². The maximum atomic E-state index is 10.5. The van der Waals surface area contributed by atoms with Gasteiger partial charge in [0.1, 0.15) is 6.04 Å². The van der Waals surface area contributed by atoms with Crippen LogP contribution in [0.4, 0.5) is 0 Å². The van der Waals surface area contributed by atoms with Gasteiger partial charge in [-0.05, 0) is 0 Å². The van der Waals surface area contributed by atoms with E-state index in [-0.39, 0.29) is 11.9 Å². The van der Waals surface area contributed by atoms with E-state index in [1.54, 1.807) is 0 Å². The number of hydrogen-bond donors (Lipinski definition) is 1. The summed E-state index contributed by atoms with van der Waals surface area (Å²) < 4.78 is 4.75. The molecule has 1 amide bonds. The first-order valence-corrected chi connectivity index (χ1v) is 2.59. The third-order valence-electron chi connectivity index (χ3n) is 1.29. The molecule has 1 saturated heterocycles. The topological polar surface area (TPSA) is 38.3 Å². The predicted octanol–water partition coefficient (Wildman–Crippen LogP) is -0.867. The van der Waals surface area contributed by atoms with Gasteiger partial charge < -0.3 is 10.1 Å². The summed E-state index contributed by atoms with van der Waals surface area (Å²) in [5.74, 6) is 2.25. The van der Waals surface area contributed by atoms with Gasteiger partial charge in [-0.25, -0.2) is 0 Å². The molecule has 1 N–H and O–H groups in total. The molecule has 3 nitrogen and oxygen atoms in total. The lowest BCUT2D eigenvalue weighted by atomic mass is 10.0. The van der Waals surface area contributed by atoms with Crippen LogP contribution in [0.25, 0.3) is 0 Å². The zero-order chi connectivity index (χ0) is 6.85. The Balaban J connectivity index is 2.50. The van der Waals surface area contributed by atoms with Crippen LogP contribution in [-0.4, -0.2) is 25.2 Å². The standard InChI is InChI=1S/C6H7NO2/c1-3-4-5(9-2)6(8)7-4/h1,4-5H,2H3,(H,7,8)/t4-,5-/m0/s1. The van der Waals surface area contributed by atoms with E-state index in [1.807, 2.05) is 0 Å². The summed E-state index contributed by atoms with van der Waals surface area (Å²) >= 11 is 0. The molecule has 0 spiro atoms. The van der Waals surface area contributed by atoms with Gasteiger partial charge in [-0.2, -0.15) is 0 Å². The summed E-state index contributed by atoms with van der Waals surface area (Å²) in [4.78, 5) is 10.5. The van der Waals surface area contributed by atoms with Crippen molar-refractivity contribution in [3.05, 3.63) is 0 Å². The van der Waals surface area contributed by atoms with Crippen LogP contribution in [0.5, 0.6) is 0 Å². The molecule has 48 valence electrons. The molecular weight excluding hydrogens is 118 g/mol. The number of hydrogen-bond acceptors (Lipinski definition) is 2. The van der Waals surface area contributed by atoms with Crippen LogP contribution >= 0.6 is 0 Å². The third kappa shape index (κ3) is 0.775. The van der Waals surface area contributed by atoms with Crippen LogP contribution in [0.2, 0.25) is 0 Å². The lowest BCUT2D eigenvalue weighted by molar-refractivity contribution is -0.142. The second-order valence-corrected chi connectivity index (χ2v) is 1.81. The highest BCUT2D eigenvalue weighted by atomic mass is 16.5. The van der Waals surface area contributed by atoms with E-state index in [9.17, 15) is 4.79 Å². The molecule has 0 aromatic carbocycles. The Kier molecular flexibility index (Phi) is 1.41. The Bertz CT molecular complexity index is 170. The van der Waals surface area contributed by atoms with Crippen molar-refractivity contribution in [1.82, 2.24) is 5.32 Å². The summed E-state index contributed by atoms with van der Waals surface area (Å²) in [6, 6.07) is -0.220. The lowest BCUT2D eigenvalue weighted by Crippen LogP contribution is -2.62. The van der Waals surface area contributed by atoms with Crippen molar-refractivity contribution < 1.29 is 9.53 Å². The van der Waals surface area contributed by atoms with Gasteiger partial charge in [-0.15, -0.1) is 6.42 Å². The van der Waals surface area contributed by atoms with E-state index < -0.39 is 6.10 Å². The van der Waals surface area contributed by atoms with Crippen molar-refractivity contribution in [3.8, 4) is 12.3 Å². The average molecular weight is 125 g/mol.